The molecule has 5 nitrogen and oxygen atoms in total. The molecule has 2 aromatic rings. The van der Waals surface area contributed by atoms with Gasteiger partial charge in [0, 0.05) is 23.7 Å². The second-order valence-corrected chi connectivity index (χ2v) is 4.31. The number of rotatable bonds is 6. The van der Waals surface area contributed by atoms with Gasteiger partial charge in [0.05, 0.1) is 18.9 Å². The molecule has 0 aliphatic rings. The van der Waals surface area contributed by atoms with Gasteiger partial charge in [-0.2, -0.15) is 0 Å². The van der Waals surface area contributed by atoms with Gasteiger partial charge in [0.1, 0.15) is 6.61 Å². The Morgan fingerprint density at radius 2 is 2.21 bits per heavy atom. The number of amides is 1. The number of fused-ring (bicyclic) bond motifs is 1. The molecule has 102 valence electrons. The largest absolute Gasteiger partial charge is 0.382 e. The van der Waals surface area contributed by atoms with E-state index in [1.54, 1.807) is 7.11 Å². The number of H-pyrrole nitrogens is 1. The minimum atomic E-state index is -0.164. The Kier molecular flexibility index (Phi) is 4.54. The van der Waals surface area contributed by atoms with E-state index in [9.17, 15) is 4.79 Å². The van der Waals surface area contributed by atoms with Crippen molar-refractivity contribution in [3.63, 3.8) is 0 Å². The minimum absolute atomic E-state index is 0.0309. The molecule has 0 radical (unpaired) electrons. The van der Waals surface area contributed by atoms with E-state index < -0.39 is 0 Å². The zero-order valence-electron chi connectivity index (χ0n) is 11.2. The lowest BCUT2D eigenvalue weighted by Gasteiger charge is -2.07. The Morgan fingerprint density at radius 3 is 3.00 bits per heavy atom. The summed E-state index contributed by atoms with van der Waals surface area (Å²) in [7, 11) is 1.60. The maximum Gasteiger partial charge on any atom is 0.250 e. The van der Waals surface area contributed by atoms with Gasteiger partial charge in [0.25, 0.3) is 0 Å². The van der Waals surface area contributed by atoms with Gasteiger partial charge in [-0.1, -0.05) is 6.07 Å². The predicted molar refractivity (Wildman–Crippen MR) is 74.4 cm³/mol. The fraction of sp³-hybridized carbons (Fsp3) is 0.357. The molecule has 0 saturated heterocycles. The van der Waals surface area contributed by atoms with Crippen LogP contribution in [0.15, 0.2) is 24.3 Å². The van der Waals surface area contributed by atoms with Gasteiger partial charge in [-0.25, -0.2) is 0 Å². The van der Waals surface area contributed by atoms with Crippen LogP contribution in [0.4, 0.5) is 5.69 Å². The predicted octanol–water partition coefficient (Wildman–Crippen LogP) is 2.08. The van der Waals surface area contributed by atoms with Crippen LogP contribution in [0, 0.1) is 6.92 Å². The number of hydrogen-bond acceptors (Lipinski definition) is 3. The number of hydrogen-bond donors (Lipinski definition) is 2. The molecule has 19 heavy (non-hydrogen) atoms. The van der Waals surface area contributed by atoms with Crippen LogP contribution in [0.1, 0.15) is 5.69 Å². The van der Waals surface area contributed by atoms with Gasteiger partial charge in [0.15, 0.2) is 0 Å². The van der Waals surface area contributed by atoms with E-state index in [1.165, 1.54) is 0 Å². The summed E-state index contributed by atoms with van der Waals surface area (Å²) in [4.78, 5) is 15.0. The minimum Gasteiger partial charge on any atom is -0.382 e. The number of ether oxygens (including phenoxy) is 2. The third kappa shape index (κ3) is 3.56. The first kappa shape index (κ1) is 13.6. The van der Waals surface area contributed by atoms with E-state index >= 15 is 0 Å². The first-order valence-electron chi connectivity index (χ1n) is 6.15. The van der Waals surface area contributed by atoms with E-state index in [-0.39, 0.29) is 12.5 Å². The Morgan fingerprint density at radius 1 is 1.37 bits per heavy atom. The van der Waals surface area contributed by atoms with E-state index in [2.05, 4.69) is 10.3 Å². The van der Waals surface area contributed by atoms with Crippen molar-refractivity contribution in [2.75, 3.05) is 32.2 Å². The lowest BCUT2D eigenvalue weighted by molar-refractivity contribution is -0.121. The molecule has 1 amide bonds. The molecule has 2 rings (SSSR count). The second kappa shape index (κ2) is 6.36. The summed E-state index contributed by atoms with van der Waals surface area (Å²) < 4.78 is 10.0. The zero-order valence-corrected chi connectivity index (χ0v) is 11.2. The number of carbonyl (C=O) groups excluding carboxylic acids is 1. The average Bonchev–Trinajstić information content (AvgIpc) is 2.76. The highest BCUT2D eigenvalue weighted by Gasteiger charge is 2.07. The quantitative estimate of drug-likeness (QED) is 0.783. The van der Waals surface area contributed by atoms with Crippen LogP contribution in [0.25, 0.3) is 10.9 Å². The first-order valence-corrected chi connectivity index (χ1v) is 6.15. The van der Waals surface area contributed by atoms with E-state index in [0.717, 1.165) is 22.3 Å². The molecule has 0 atom stereocenters. The summed E-state index contributed by atoms with van der Waals surface area (Å²) in [6.45, 7) is 2.92. The smallest absolute Gasteiger partial charge is 0.250 e. The normalized spacial score (nSPS) is 10.8. The number of nitrogens with one attached hydrogen (secondary N) is 2. The van der Waals surface area contributed by atoms with E-state index in [4.69, 9.17) is 9.47 Å². The maximum atomic E-state index is 11.7. The molecule has 0 spiro atoms. The number of anilines is 1. The lowest BCUT2D eigenvalue weighted by Crippen LogP contribution is -2.19. The summed E-state index contributed by atoms with van der Waals surface area (Å²) in [5.74, 6) is -0.164. The second-order valence-electron chi connectivity index (χ2n) is 4.31. The van der Waals surface area contributed by atoms with Crippen molar-refractivity contribution in [3.05, 3.63) is 30.0 Å². The van der Waals surface area contributed by atoms with Crippen molar-refractivity contribution in [2.45, 2.75) is 6.92 Å². The Balaban J connectivity index is 1.98. The summed E-state index contributed by atoms with van der Waals surface area (Å²) in [5.41, 5.74) is 2.87. The lowest BCUT2D eigenvalue weighted by atomic mass is 10.2. The summed E-state index contributed by atoms with van der Waals surface area (Å²) in [5, 5.41) is 3.86. The molecule has 1 heterocycles. The zero-order chi connectivity index (χ0) is 13.7. The van der Waals surface area contributed by atoms with Crippen LogP contribution >= 0.6 is 0 Å². The standard InChI is InChI=1S/C14H18N2O3/c1-10-8-11-12(15-10)4-3-5-13(11)16-14(17)9-19-7-6-18-2/h3-5,8,15H,6-7,9H2,1-2H3,(H,16,17). The first-order chi connectivity index (χ1) is 9.20. The molecule has 0 aliphatic heterocycles. The van der Waals surface area contributed by atoms with Crippen molar-refractivity contribution < 1.29 is 14.3 Å². The highest BCUT2D eigenvalue weighted by atomic mass is 16.5. The van der Waals surface area contributed by atoms with Gasteiger partial charge in [-0.05, 0) is 25.1 Å². The highest BCUT2D eigenvalue weighted by molar-refractivity contribution is 6.01. The van der Waals surface area contributed by atoms with Crippen molar-refractivity contribution in [1.82, 2.24) is 4.98 Å². The van der Waals surface area contributed by atoms with Crippen LogP contribution in [0.2, 0.25) is 0 Å². The Hall–Kier alpha value is -1.85. The SMILES string of the molecule is COCCOCC(=O)Nc1cccc2[nH]c(C)cc12. The van der Waals surface area contributed by atoms with Crippen LogP contribution < -0.4 is 5.32 Å². The maximum absolute atomic E-state index is 11.7. The number of benzene rings is 1. The number of aryl methyl sites for hydroxylation is 1. The molecular formula is C14H18N2O3. The monoisotopic (exact) mass is 262 g/mol. The van der Waals surface area contributed by atoms with Gasteiger partial charge >= 0.3 is 0 Å². The highest BCUT2D eigenvalue weighted by Crippen LogP contribution is 2.23. The third-order valence-electron chi connectivity index (χ3n) is 2.74. The molecule has 0 bridgehead atoms. The molecule has 5 heteroatoms. The summed E-state index contributed by atoms with van der Waals surface area (Å²) in [6.07, 6.45) is 0. The fourth-order valence-corrected chi connectivity index (χ4v) is 1.90. The van der Waals surface area contributed by atoms with Crippen molar-refractivity contribution in [2.24, 2.45) is 0 Å². The van der Waals surface area contributed by atoms with Gasteiger partial charge in [0.2, 0.25) is 5.91 Å². The van der Waals surface area contributed by atoms with Crippen LogP contribution in [-0.2, 0) is 14.3 Å². The van der Waals surface area contributed by atoms with Crippen molar-refractivity contribution >= 4 is 22.5 Å². The molecule has 1 aromatic carbocycles. The summed E-state index contributed by atoms with van der Waals surface area (Å²) >= 11 is 0. The molecule has 2 N–H and O–H groups in total. The van der Waals surface area contributed by atoms with Crippen molar-refractivity contribution in [1.29, 1.82) is 0 Å². The van der Waals surface area contributed by atoms with Gasteiger partial charge < -0.3 is 19.8 Å². The molecule has 0 fully saturated rings. The summed E-state index contributed by atoms with van der Waals surface area (Å²) in [6, 6.07) is 7.77. The van der Waals surface area contributed by atoms with Crippen molar-refractivity contribution in [3.8, 4) is 0 Å². The fourth-order valence-electron chi connectivity index (χ4n) is 1.90. The molecular weight excluding hydrogens is 244 g/mol. The molecule has 0 unspecified atom stereocenters. The van der Waals surface area contributed by atoms with Crippen LogP contribution in [0.3, 0.4) is 0 Å². The number of aromatic amines is 1. The number of aromatic nitrogens is 1. The van der Waals surface area contributed by atoms with Gasteiger partial charge in [-0.3, -0.25) is 4.79 Å². The van der Waals surface area contributed by atoms with Gasteiger partial charge in [-0.15, -0.1) is 0 Å². The molecule has 0 aliphatic carbocycles. The third-order valence-corrected chi connectivity index (χ3v) is 2.74. The molecule has 1 aromatic heterocycles. The molecule has 0 saturated carbocycles. The number of methoxy groups -OCH3 is 1. The van der Waals surface area contributed by atoms with Crippen LogP contribution in [-0.4, -0.2) is 37.8 Å². The number of carbonyl (C=O) groups is 1. The average molecular weight is 262 g/mol. The topological polar surface area (TPSA) is 63.4 Å². The Bertz CT molecular complexity index is 563. The van der Waals surface area contributed by atoms with E-state index in [1.807, 2.05) is 31.2 Å². The Labute approximate surface area is 111 Å². The van der Waals surface area contributed by atoms with E-state index in [0.29, 0.717) is 13.2 Å². The van der Waals surface area contributed by atoms with Crippen LogP contribution in [0.5, 0.6) is 0 Å².